The molecule has 4 N–H and O–H groups in total. The van der Waals surface area contributed by atoms with Gasteiger partial charge in [-0.1, -0.05) is 0 Å². The molecule has 0 aliphatic carbocycles. The summed E-state index contributed by atoms with van der Waals surface area (Å²) < 4.78 is 21.4. The van der Waals surface area contributed by atoms with Gasteiger partial charge in [0.1, 0.15) is 6.29 Å². The van der Waals surface area contributed by atoms with Crippen molar-refractivity contribution in [1.29, 1.82) is 0 Å². The molecular weight excluding hydrogens is 606 g/mol. The first-order chi connectivity index (χ1) is 22.2. The fraction of sp³-hybridized carbons (Fsp3) is 0.700. The van der Waals surface area contributed by atoms with Crippen LogP contribution >= 0.6 is 0 Å². The average molecular weight is 656 g/mol. The van der Waals surface area contributed by atoms with Gasteiger partial charge in [-0.15, -0.1) is 0 Å². The molecule has 0 aromatic rings. The van der Waals surface area contributed by atoms with Crippen molar-refractivity contribution in [3.05, 3.63) is 12.2 Å². The van der Waals surface area contributed by atoms with E-state index in [1.807, 2.05) is 0 Å². The predicted molar refractivity (Wildman–Crippen MR) is 164 cm³/mol. The van der Waals surface area contributed by atoms with Gasteiger partial charge < -0.3 is 45.0 Å². The number of hydrogen-bond donors (Lipinski definition) is 4. The number of ether oxygens (including phenoxy) is 4. The molecule has 0 saturated heterocycles. The topological polar surface area (TPSA) is 208 Å². The number of hydrogen-bond acceptors (Lipinski definition) is 11. The minimum atomic E-state index is -0.641. The lowest BCUT2D eigenvalue weighted by Gasteiger charge is -2.15. The highest BCUT2D eigenvalue weighted by Crippen LogP contribution is 2.06. The second kappa shape index (κ2) is 26.5. The van der Waals surface area contributed by atoms with Crippen LogP contribution in [0.1, 0.15) is 51.9 Å². The molecule has 16 nitrogen and oxygen atoms in total. The Morgan fingerprint density at radius 3 is 1.74 bits per heavy atom. The maximum Gasteiger partial charge on any atom is 0.253 e. The number of carbonyl (C=O) groups excluding carboxylic acids is 7. The third-order valence-corrected chi connectivity index (χ3v) is 6.34. The Labute approximate surface area is 269 Å². The van der Waals surface area contributed by atoms with E-state index >= 15 is 0 Å². The van der Waals surface area contributed by atoms with Crippen LogP contribution in [0.3, 0.4) is 0 Å². The summed E-state index contributed by atoms with van der Waals surface area (Å²) in [7, 11) is 0. The van der Waals surface area contributed by atoms with Gasteiger partial charge in [0.2, 0.25) is 23.6 Å². The Morgan fingerprint density at radius 1 is 0.674 bits per heavy atom. The van der Waals surface area contributed by atoms with Crippen molar-refractivity contribution in [3.63, 3.8) is 0 Å². The molecule has 1 aliphatic rings. The Kier molecular flexibility index (Phi) is 23.2. The summed E-state index contributed by atoms with van der Waals surface area (Å²) in [5.41, 5.74) is 0. The summed E-state index contributed by atoms with van der Waals surface area (Å²) in [6.45, 7) is 5.45. The van der Waals surface area contributed by atoms with Gasteiger partial charge >= 0.3 is 0 Å². The minimum Gasteiger partial charge on any atom is -0.379 e. The summed E-state index contributed by atoms with van der Waals surface area (Å²) >= 11 is 0. The highest BCUT2D eigenvalue weighted by atomic mass is 16.5. The average Bonchev–Trinajstić information content (AvgIpc) is 3.34. The van der Waals surface area contributed by atoms with Crippen molar-refractivity contribution < 1.29 is 52.5 Å². The predicted octanol–water partition coefficient (Wildman–Crippen LogP) is -1.24. The monoisotopic (exact) mass is 655 g/mol. The molecule has 6 amide bonds. The molecule has 1 rings (SSSR count). The number of imide groups is 1. The first-order valence-electron chi connectivity index (χ1n) is 15.6. The van der Waals surface area contributed by atoms with E-state index in [9.17, 15) is 33.6 Å². The van der Waals surface area contributed by atoms with Gasteiger partial charge in [-0.25, -0.2) is 0 Å². The largest absolute Gasteiger partial charge is 0.379 e. The highest BCUT2D eigenvalue weighted by Gasteiger charge is 2.23. The molecule has 1 aliphatic heterocycles. The standard InChI is InChI=1S/C30H49N5O11/c1-24(37)31-12-17-45-21-19-44-16-10-27(39)33-13-18-46-22-20-43-15-9-26(38)32-11-3-2-5-25(23-36)34-28(40)6-4-14-35-29(41)7-8-30(35)42/h7-8,23,25H,2-6,9-22H2,1H3,(H,31,37)(H,32,38)(H,33,39)(H,34,40)/t25-/m0/s1. The van der Waals surface area contributed by atoms with Gasteiger partial charge in [-0.05, 0) is 25.7 Å². The molecule has 1 heterocycles. The van der Waals surface area contributed by atoms with Gasteiger partial charge in [0.05, 0.1) is 58.9 Å². The van der Waals surface area contributed by atoms with Crippen LogP contribution in [0.2, 0.25) is 0 Å². The van der Waals surface area contributed by atoms with Gasteiger partial charge in [-0.2, -0.15) is 0 Å². The van der Waals surface area contributed by atoms with Crippen molar-refractivity contribution in [1.82, 2.24) is 26.2 Å². The Balaban J connectivity index is 1.88. The summed E-state index contributed by atoms with van der Waals surface area (Å²) in [5, 5.41) is 10.8. The third-order valence-electron chi connectivity index (χ3n) is 6.34. The zero-order chi connectivity index (χ0) is 33.8. The molecule has 0 spiro atoms. The molecular formula is C30H49N5O11. The summed E-state index contributed by atoms with van der Waals surface area (Å²) in [6.07, 6.45) is 5.54. The van der Waals surface area contributed by atoms with Crippen LogP contribution in [0.5, 0.6) is 0 Å². The Hall–Kier alpha value is -3.73. The van der Waals surface area contributed by atoms with Crippen LogP contribution in [-0.2, 0) is 52.5 Å². The van der Waals surface area contributed by atoms with E-state index in [0.717, 1.165) is 4.90 Å². The van der Waals surface area contributed by atoms with Crippen molar-refractivity contribution >= 4 is 41.7 Å². The number of amides is 6. The molecule has 0 bridgehead atoms. The summed E-state index contributed by atoms with van der Waals surface area (Å²) in [6, 6.07) is -0.641. The fourth-order valence-electron chi connectivity index (χ4n) is 3.93. The van der Waals surface area contributed by atoms with Crippen LogP contribution in [0, 0.1) is 0 Å². The zero-order valence-electron chi connectivity index (χ0n) is 26.7. The molecule has 0 fully saturated rings. The molecule has 0 aromatic heterocycles. The van der Waals surface area contributed by atoms with Crippen LogP contribution in [0.15, 0.2) is 12.2 Å². The number of aldehydes is 1. The van der Waals surface area contributed by atoms with Crippen LogP contribution in [-0.4, -0.2) is 132 Å². The minimum absolute atomic E-state index is 0.0867. The van der Waals surface area contributed by atoms with Crippen molar-refractivity contribution in [2.75, 3.05) is 79.0 Å². The second-order valence-electron chi connectivity index (χ2n) is 10.2. The van der Waals surface area contributed by atoms with E-state index in [2.05, 4.69) is 21.3 Å². The summed E-state index contributed by atoms with van der Waals surface area (Å²) in [5.74, 6) is -1.53. The Bertz CT molecular complexity index is 974. The normalized spacial score (nSPS) is 13.0. The lowest BCUT2D eigenvalue weighted by atomic mass is 10.1. The first kappa shape index (κ1) is 40.3. The lowest BCUT2D eigenvalue weighted by molar-refractivity contribution is -0.137. The van der Waals surface area contributed by atoms with E-state index in [4.69, 9.17) is 18.9 Å². The lowest BCUT2D eigenvalue weighted by Crippen LogP contribution is -2.37. The van der Waals surface area contributed by atoms with Gasteiger partial charge in [-0.3, -0.25) is 33.7 Å². The van der Waals surface area contributed by atoms with Gasteiger partial charge in [0.15, 0.2) is 0 Å². The molecule has 16 heteroatoms. The van der Waals surface area contributed by atoms with Crippen molar-refractivity contribution in [2.24, 2.45) is 0 Å². The number of nitrogens with one attached hydrogen (secondary N) is 4. The molecule has 1 atom stereocenters. The van der Waals surface area contributed by atoms with E-state index in [-0.39, 0.29) is 62.6 Å². The molecule has 0 saturated carbocycles. The van der Waals surface area contributed by atoms with Gasteiger partial charge in [0.25, 0.3) is 11.8 Å². The zero-order valence-corrected chi connectivity index (χ0v) is 26.7. The van der Waals surface area contributed by atoms with Crippen LogP contribution < -0.4 is 21.3 Å². The maximum atomic E-state index is 12.1. The quantitative estimate of drug-likeness (QED) is 0.0426. The molecule has 46 heavy (non-hydrogen) atoms. The van der Waals surface area contributed by atoms with E-state index < -0.39 is 17.9 Å². The maximum absolute atomic E-state index is 12.1. The number of carbonyl (C=O) groups is 7. The smallest absolute Gasteiger partial charge is 0.253 e. The highest BCUT2D eigenvalue weighted by molar-refractivity contribution is 6.12. The van der Waals surface area contributed by atoms with E-state index in [0.29, 0.717) is 91.2 Å². The van der Waals surface area contributed by atoms with E-state index in [1.54, 1.807) is 0 Å². The summed E-state index contributed by atoms with van der Waals surface area (Å²) in [4.78, 5) is 81.9. The molecule has 0 aromatic carbocycles. The number of nitrogens with zero attached hydrogens (tertiary/aromatic N) is 1. The number of rotatable bonds is 29. The van der Waals surface area contributed by atoms with Crippen LogP contribution in [0.4, 0.5) is 0 Å². The molecule has 0 unspecified atom stereocenters. The molecule has 0 radical (unpaired) electrons. The fourth-order valence-corrected chi connectivity index (χ4v) is 3.93. The van der Waals surface area contributed by atoms with Crippen molar-refractivity contribution in [2.45, 2.75) is 57.9 Å². The van der Waals surface area contributed by atoms with Gasteiger partial charge in [0, 0.05) is 64.5 Å². The SMILES string of the molecule is CC(=O)NCCOCCOCCC(=O)NCCOCCOCCC(=O)NCCCC[C@@H](C=O)NC(=O)CCCN1C(=O)C=CC1=O. The Morgan fingerprint density at radius 2 is 1.20 bits per heavy atom. The van der Waals surface area contributed by atoms with E-state index in [1.165, 1.54) is 19.1 Å². The number of unbranched alkanes of at least 4 members (excludes halogenated alkanes) is 1. The second-order valence-corrected chi connectivity index (χ2v) is 10.2. The van der Waals surface area contributed by atoms with Crippen LogP contribution in [0.25, 0.3) is 0 Å². The first-order valence-corrected chi connectivity index (χ1v) is 15.6. The van der Waals surface area contributed by atoms with Crippen molar-refractivity contribution in [3.8, 4) is 0 Å². The molecule has 260 valence electrons. The third kappa shape index (κ3) is 21.9.